The summed E-state index contributed by atoms with van der Waals surface area (Å²) in [5.41, 5.74) is 0.765. The van der Waals surface area contributed by atoms with Gasteiger partial charge in [0.15, 0.2) is 11.6 Å². The molecule has 2 nitrogen and oxygen atoms in total. The summed E-state index contributed by atoms with van der Waals surface area (Å²) in [7, 11) is 0. The lowest BCUT2D eigenvalue weighted by Crippen LogP contribution is -2.24. The Morgan fingerprint density at radius 2 is 2.05 bits per heavy atom. The van der Waals surface area contributed by atoms with Crippen LogP contribution in [0.5, 0.6) is 0 Å². The molecule has 2 atom stereocenters. The highest BCUT2D eigenvalue weighted by molar-refractivity contribution is 6.16. The average molecular weight is 313 g/mol. The number of hydrogen-bond acceptors (Lipinski definition) is 1. The van der Waals surface area contributed by atoms with Gasteiger partial charge in [-0.15, -0.1) is 11.6 Å². The molecular formula is C16H19ClF2N2. The molecule has 2 unspecified atom stereocenters. The van der Waals surface area contributed by atoms with Gasteiger partial charge < -0.3 is 4.57 Å². The van der Waals surface area contributed by atoms with Gasteiger partial charge in [-0.1, -0.05) is 26.2 Å². The van der Waals surface area contributed by atoms with Crippen LogP contribution in [0.3, 0.4) is 0 Å². The third-order valence-electron chi connectivity index (χ3n) is 4.66. The second kappa shape index (κ2) is 5.91. The maximum Gasteiger partial charge on any atom is 0.184 e. The average Bonchev–Trinajstić information content (AvgIpc) is 2.90. The fourth-order valence-corrected chi connectivity index (χ4v) is 3.82. The first-order chi connectivity index (χ1) is 10.2. The van der Waals surface area contributed by atoms with Gasteiger partial charge in [-0.05, 0) is 30.9 Å². The minimum atomic E-state index is -0.825. The van der Waals surface area contributed by atoms with Crippen LogP contribution in [-0.4, -0.2) is 9.55 Å². The predicted molar refractivity (Wildman–Crippen MR) is 80.5 cm³/mol. The molecule has 1 aromatic heterocycles. The van der Waals surface area contributed by atoms with Crippen LogP contribution in [0, 0.1) is 17.6 Å². The maximum absolute atomic E-state index is 14.3. The molecule has 0 radical (unpaired) electrons. The molecule has 1 aromatic carbocycles. The molecule has 0 amide bonds. The summed E-state index contributed by atoms with van der Waals surface area (Å²) in [6.45, 7) is 2.15. The van der Waals surface area contributed by atoms with Gasteiger partial charge in [0.05, 0.1) is 11.4 Å². The zero-order chi connectivity index (χ0) is 15.0. The first-order valence-electron chi connectivity index (χ1n) is 7.58. The van der Waals surface area contributed by atoms with E-state index in [1.54, 1.807) is 0 Å². The second-order valence-corrected chi connectivity index (χ2v) is 6.05. The minimum Gasteiger partial charge on any atom is -0.321 e. The third-order valence-corrected chi connectivity index (χ3v) is 4.90. The smallest absolute Gasteiger partial charge is 0.184 e. The van der Waals surface area contributed by atoms with E-state index in [1.165, 1.54) is 12.5 Å². The molecule has 21 heavy (non-hydrogen) atoms. The van der Waals surface area contributed by atoms with Gasteiger partial charge in [-0.25, -0.2) is 13.8 Å². The van der Waals surface area contributed by atoms with Crippen LogP contribution in [0.2, 0.25) is 0 Å². The molecule has 0 aliphatic heterocycles. The number of nitrogens with zero attached hydrogens (tertiary/aromatic N) is 2. The van der Waals surface area contributed by atoms with E-state index in [4.69, 9.17) is 11.6 Å². The largest absolute Gasteiger partial charge is 0.321 e. The fraction of sp³-hybridized carbons (Fsp3) is 0.562. The molecule has 1 fully saturated rings. The summed E-state index contributed by atoms with van der Waals surface area (Å²) in [4.78, 5) is 4.40. The van der Waals surface area contributed by atoms with Gasteiger partial charge in [0, 0.05) is 6.04 Å². The van der Waals surface area contributed by atoms with Gasteiger partial charge >= 0.3 is 0 Å². The molecule has 114 valence electrons. The Kier molecular flexibility index (Phi) is 4.16. The molecule has 1 heterocycles. The highest BCUT2D eigenvalue weighted by atomic mass is 35.5. The van der Waals surface area contributed by atoms with E-state index in [0.717, 1.165) is 31.7 Å². The lowest BCUT2D eigenvalue weighted by molar-refractivity contribution is 0.233. The Hall–Kier alpha value is -1.16. The van der Waals surface area contributed by atoms with Crippen molar-refractivity contribution in [1.82, 2.24) is 9.55 Å². The van der Waals surface area contributed by atoms with Gasteiger partial charge in [0.2, 0.25) is 0 Å². The molecule has 0 N–H and O–H groups in total. The summed E-state index contributed by atoms with van der Waals surface area (Å²) in [6, 6.07) is 2.83. The molecule has 1 saturated carbocycles. The van der Waals surface area contributed by atoms with Crippen molar-refractivity contribution < 1.29 is 8.78 Å². The highest BCUT2D eigenvalue weighted by Gasteiger charge is 2.30. The third kappa shape index (κ3) is 2.44. The van der Waals surface area contributed by atoms with Crippen molar-refractivity contribution >= 4 is 22.6 Å². The lowest BCUT2D eigenvalue weighted by atomic mass is 9.82. The number of fused-ring (bicyclic) bond motifs is 1. The highest BCUT2D eigenvalue weighted by Crippen LogP contribution is 2.39. The molecule has 0 spiro atoms. The van der Waals surface area contributed by atoms with E-state index in [9.17, 15) is 8.78 Å². The molecular weight excluding hydrogens is 294 g/mol. The van der Waals surface area contributed by atoms with Crippen molar-refractivity contribution in [1.29, 1.82) is 0 Å². The number of hydrogen-bond donors (Lipinski definition) is 0. The van der Waals surface area contributed by atoms with Gasteiger partial charge in [-0.3, -0.25) is 0 Å². The second-order valence-electron chi connectivity index (χ2n) is 5.78. The first-order valence-corrected chi connectivity index (χ1v) is 8.11. The van der Waals surface area contributed by atoms with Crippen LogP contribution >= 0.6 is 11.6 Å². The number of aromatic nitrogens is 2. The molecule has 1 aliphatic carbocycles. The summed E-state index contributed by atoms with van der Waals surface area (Å²) in [5, 5.41) is 0. The summed E-state index contributed by atoms with van der Waals surface area (Å²) >= 11 is 6.01. The van der Waals surface area contributed by atoms with Crippen LogP contribution in [0.25, 0.3) is 11.0 Å². The Morgan fingerprint density at radius 1 is 1.29 bits per heavy atom. The molecule has 0 saturated heterocycles. The number of alkyl halides is 1. The monoisotopic (exact) mass is 312 g/mol. The van der Waals surface area contributed by atoms with Crippen molar-refractivity contribution in [3.8, 4) is 0 Å². The Balaban J connectivity index is 2.21. The normalized spacial score (nSPS) is 22.9. The Morgan fingerprint density at radius 3 is 2.76 bits per heavy atom. The van der Waals surface area contributed by atoms with E-state index in [1.807, 2.05) is 4.57 Å². The van der Waals surface area contributed by atoms with Crippen LogP contribution in [-0.2, 0) is 5.88 Å². The van der Waals surface area contributed by atoms with Crippen LogP contribution in [0.1, 0.15) is 50.9 Å². The molecule has 1 aliphatic rings. The minimum absolute atomic E-state index is 0.166. The van der Waals surface area contributed by atoms with Gasteiger partial charge in [0.25, 0.3) is 0 Å². The predicted octanol–water partition coefficient (Wildman–Crippen LogP) is 5.19. The van der Waals surface area contributed by atoms with Crippen molar-refractivity contribution in [3.05, 3.63) is 29.6 Å². The topological polar surface area (TPSA) is 17.8 Å². The lowest BCUT2D eigenvalue weighted by Gasteiger charge is -2.33. The SMILES string of the molecule is CCC1CCCCC1n1c(CCl)nc2ccc(F)c(F)c21. The molecule has 3 rings (SSSR count). The summed E-state index contributed by atoms with van der Waals surface area (Å²) in [5.74, 6) is -0.310. The van der Waals surface area contributed by atoms with E-state index in [-0.39, 0.29) is 17.4 Å². The number of benzene rings is 1. The van der Waals surface area contributed by atoms with Crippen molar-refractivity contribution in [2.45, 2.75) is 50.9 Å². The van der Waals surface area contributed by atoms with Crippen molar-refractivity contribution in [2.24, 2.45) is 5.92 Å². The fourth-order valence-electron chi connectivity index (χ4n) is 3.63. The summed E-state index contributed by atoms with van der Waals surface area (Å²) < 4.78 is 29.8. The van der Waals surface area contributed by atoms with Crippen LogP contribution in [0.15, 0.2) is 12.1 Å². The first kappa shape index (κ1) is 14.8. The number of halogens is 3. The number of imidazole rings is 1. The van der Waals surface area contributed by atoms with Crippen molar-refractivity contribution in [3.63, 3.8) is 0 Å². The maximum atomic E-state index is 14.3. The van der Waals surface area contributed by atoms with Crippen molar-refractivity contribution in [2.75, 3.05) is 0 Å². The zero-order valence-electron chi connectivity index (χ0n) is 12.1. The van der Waals surface area contributed by atoms with Gasteiger partial charge in [-0.2, -0.15) is 0 Å². The Bertz CT molecular complexity index is 653. The molecule has 2 aromatic rings. The summed E-state index contributed by atoms with van der Waals surface area (Å²) in [6.07, 6.45) is 5.44. The standard InChI is InChI=1S/C16H19ClF2N2/c1-2-10-5-3-4-6-13(10)21-14(9-17)20-12-8-7-11(18)15(19)16(12)21/h7-8,10,13H,2-6,9H2,1H3. The Labute approximate surface area is 128 Å². The molecule has 5 heteroatoms. The van der Waals surface area contributed by atoms with E-state index in [2.05, 4.69) is 11.9 Å². The van der Waals surface area contributed by atoms with Crippen LogP contribution in [0.4, 0.5) is 8.78 Å². The zero-order valence-corrected chi connectivity index (χ0v) is 12.8. The van der Waals surface area contributed by atoms with Crippen LogP contribution < -0.4 is 0 Å². The number of rotatable bonds is 3. The molecule has 0 bridgehead atoms. The van der Waals surface area contributed by atoms with E-state index < -0.39 is 11.6 Å². The van der Waals surface area contributed by atoms with E-state index >= 15 is 0 Å². The van der Waals surface area contributed by atoms with Gasteiger partial charge in [0.1, 0.15) is 11.3 Å². The quantitative estimate of drug-likeness (QED) is 0.713. The van der Waals surface area contributed by atoms with E-state index in [0.29, 0.717) is 17.3 Å².